The van der Waals surface area contributed by atoms with E-state index in [1.165, 1.54) is 4.88 Å². The average molecular weight is 393 g/mol. The largest absolute Gasteiger partial charge is 0.357 e. The molecular weight excluding hydrogens is 364 g/mol. The second kappa shape index (κ2) is 7.84. The van der Waals surface area contributed by atoms with E-state index < -0.39 is 11.6 Å². The molecule has 1 aromatic heterocycles. The number of nitrogens with zero attached hydrogens (tertiary/aromatic N) is 3. The molecule has 0 saturated carbocycles. The summed E-state index contributed by atoms with van der Waals surface area (Å²) in [5.74, 6) is 0.795. The van der Waals surface area contributed by atoms with Gasteiger partial charge < -0.3 is 15.5 Å². The Labute approximate surface area is 163 Å². The number of hydrogen-bond acceptors (Lipinski definition) is 5. The van der Waals surface area contributed by atoms with E-state index in [4.69, 9.17) is 4.99 Å². The molecular formula is C18H28N6O2S. The number of aromatic nitrogens is 1. The molecule has 2 aliphatic rings. The summed E-state index contributed by atoms with van der Waals surface area (Å²) in [5, 5.41) is 9.60. The zero-order valence-electron chi connectivity index (χ0n) is 16.4. The van der Waals surface area contributed by atoms with E-state index in [0.29, 0.717) is 6.54 Å². The van der Waals surface area contributed by atoms with Crippen molar-refractivity contribution in [2.24, 2.45) is 10.9 Å². The maximum atomic E-state index is 12.2. The molecule has 8 nitrogen and oxygen atoms in total. The number of hydrogen-bond donors (Lipinski definition) is 3. The molecule has 1 aromatic rings. The zero-order valence-corrected chi connectivity index (χ0v) is 17.2. The third kappa shape index (κ3) is 4.07. The molecule has 3 N–H and O–H groups in total. The first-order valence-electron chi connectivity index (χ1n) is 9.43. The Kier molecular flexibility index (Phi) is 5.69. The fraction of sp³-hybridized carbons (Fsp3) is 0.667. The highest BCUT2D eigenvalue weighted by Gasteiger charge is 2.48. The lowest BCUT2D eigenvalue weighted by Gasteiger charge is -2.39. The molecule has 148 valence electrons. The van der Waals surface area contributed by atoms with E-state index in [0.717, 1.165) is 49.1 Å². The third-order valence-corrected chi connectivity index (χ3v) is 6.45. The van der Waals surface area contributed by atoms with Crippen LogP contribution in [-0.4, -0.2) is 53.0 Å². The Morgan fingerprint density at radius 3 is 2.59 bits per heavy atom. The van der Waals surface area contributed by atoms with E-state index >= 15 is 0 Å². The van der Waals surface area contributed by atoms with Crippen molar-refractivity contribution in [2.45, 2.75) is 52.6 Å². The number of guanidine groups is 1. The van der Waals surface area contributed by atoms with Crippen LogP contribution in [-0.2, 0) is 11.3 Å². The first kappa shape index (κ1) is 19.6. The quantitative estimate of drug-likeness (QED) is 0.410. The predicted molar refractivity (Wildman–Crippen MR) is 106 cm³/mol. The molecule has 0 spiro atoms. The maximum absolute atomic E-state index is 12.2. The first-order valence-corrected chi connectivity index (χ1v) is 10.2. The van der Waals surface area contributed by atoms with Crippen molar-refractivity contribution in [1.82, 2.24) is 25.8 Å². The van der Waals surface area contributed by atoms with Crippen LogP contribution in [0.5, 0.6) is 0 Å². The van der Waals surface area contributed by atoms with Gasteiger partial charge in [0, 0.05) is 24.5 Å². The lowest BCUT2D eigenvalue weighted by molar-refractivity contribution is -0.125. The lowest BCUT2D eigenvalue weighted by Crippen LogP contribution is -2.55. The van der Waals surface area contributed by atoms with Crippen molar-refractivity contribution in [3.8, 4) is 0 Å². The van der Waals surface area contributed by atoms with E-state index in [9.17, 15) is 9.59 Å². The van der Waals surface area contributed by atoms with Gasteiger partial charge in [-0.25, -0.2) is 14.8 Å². The van der Waals surface area contributed by atoms with Crippen molar-refractivity contribution < 1.29 is 9.59 Å². The van der Waals surface area contributed by atoms with Crippen LogP contribution in [0.2, 0.25) is 0 Å². The fourth-order valence-corrected chi connectivity index (χ4v) is 4.67. The Hall–Kier alpha value is -2.16. The summed E-state index contributed by atoms with van der Waals surface area (Å²) >= 11 is 1.69. The number of carbonyl (C=O) groups excluding carboxylic acids is 2. The molecule has 2 fully saturated rings. The minimum atomic E-state index is -0.810. The number of aryl methyl sites for hydroxylation is 2. The molecule has 0 aromatic carbocycles. The van der Waals surface area contributed by atoms with E-state index in [-0.39, 0.29) is 11.8 Å². The molecule has 1 unspecified atom stereocenters. The van der Waals surface area contributed by atoms with Gasteiger partial charge in [0.05, 0.1) is 17.2 Å². The van der Waals surface area contributed by atoms with Gasteiger partial charge in [-0.05, 0) is 46.5 Å². The number of thiazole rings is 1. The number of carbonyl (C=O) groups is 2. The highest BCUT2D eigenvalue weighted by molar-refractivity contribution is 7.11. The minimum Gasteiger partial charge on any atom is -0.357 e. The Morgan fingerprint density at radius 1 is 1.37 bits per heavy atom. The van der Waals surface area contributed by atoms with Gasteiger partial charge in [-0.2, -0.15) is 0 Å². The maximum Gasteiger partial charge on any atom is 0.322 e. The van der Waals surface area contributed by atoms with Gasteiger partial charge in [-0.1, -0.05) is 0 Å². The highest BCUT2D eigenvalue weighted by Crippen LogP contribution is 2.30. The molecule has 0 radical (unpaired) electrons. The molecule has 2 aliphatic heterocycles. The van der Waals surface area contributed by atoms with Crippen LogP contribution in [0.4, 0.5) is 4.79 Å². The lowest BCUT2D eigenvalue weighted by atomic mass is 9.79. The second-order valence-corrected chi connectivity index (χ2v) is 8.57. The van der Waals surface area contributed by atoms with Gasteiger partial charge >= 0.3 is 6.03 Å². The van der Waals surface area contributed by atoms with Crippen molar-refractivity contribution >= 4 is 29.2 Å². The molecule has 0 aliphatic carbocycles. The van der Waals surface area contributed by atoms with E-state index in [1.807, 2.05) is 20.8 Å². The summed E-state index contributed by atoms with van der Waals surface area (Å²) in [5.41, 5.74) is 0.238. The summed E-state index contributed by atoms with van der Waals surface area (Å²) in [4.78, 5) is 36.4. The van der Waals surface area contributed by atoms with Crippen molar-refractivity contribution in [2.75, 3.05) is 19.6 Å². The first-order chi connectivity index (χ1) is 12.8. The van der Waals surface area contributed by atoms with Gasteiger partial charge in [0.25, 0.3) is 5.91 Å². The van der Waals surface area contributed by atoms with Crippen LogP contribution in [0.3, 0.4) is 0 Å². The van der Waals surface area contributed by atoms with Crippen LogP contribution in [0, 0.1) is 19.8 Å². The zero-order chi connectivity index (χ0) is 19.6. The van der Waals surface area contributed by atoms with Gasteiger partial charge in [-0.15, -0.1) is 11.3 Å². The molecule has 27 heavy (non-hydrogen) atoms. The number of urea groups is 1. The number of nitrogens with one attached hydrogen (secondary N) is 3. The smallest absolute Gasteiger partial charge is 0.322 e. The van der Waals surface area contributed by atoms with Crippen molar-refractivity contribution in [3.05, 3.63) is 15.6 Å². The van der Waals surface area contributed by atoms with Gasteiger partial charge in [0.1, 0.15) is 5.54 Å². The molecule has 3 rings (SSSR count). The van der Waals surface area contributed by atoms with Crippen molar-refractivity contribution in [3.63, 3.8) is 0 Å². The van der Waals surface area contributed by atoms with Crippen LogP contribution >= 0.6 is 11.3 Å². The fourth-order valence-electron chi connectivity index (χ4n) is 3.81. The number of aliphatic imine (C=N–C) groups is 1. The Bertz CT molecular complexity index is 753. The van der Waals surface area contributed by atoms with Crippen LogP contribution in [0.1, 0.15) is 42.3 Å². The average Bonchev–Trinajstić information content (AvgIpc) is 3.09. The topological polar surface area (TPSA) is 98.7 Å². The van der Waals surface area contributed by atoms with Gasteiger partial charge in [0.2, 0.25) is 0 Å². The summed E-state index contributed by atoms with van der Waals surface area (Å²) in [7, 11) is 0. The Morgan fingerprint density at radius 2 is 2.07 bits per heavy atom. The van der Waals surface area contributed by atoms with Crippen LogP contribution in [0.15, 0.2) is 4.99 Å². The molecule has 3 amide bonds. The highest BCUT2D eigenvalue weighted by atomic mass is 32.1. The van der Waals surface area contributed by atoms with Gasteiger partial charge in [-0.3, -0.25) is 10.1 Å². The van der Waals surface area contributed by atoms with Crippen LogP contribution < -0.4 is 16.0 Å². The van der Waals surface area contributed by atoms with Gasteiger partial charge in [0.15, 0.2) is 5.96 Å². The SMILES string of the molecule is CCNC(=NCc1sc(C)nc1C)N1CCC(C2(C)NC(=O)NC2=O)CC1. The standard InChI is InChI=1S/C18H28N6O2S/c1-5-19-16(20-10-14-11(2)21-12(3)27-14)24-8-6-13(7-9-24)18(4)15(25)22-17(26)23-18/h13H,5-10H2,1-4H3,(H,19,20)(H2,22,23,25,26). The van der Waals surface area contributed by atoms with Crippen molar-refractivity contribution in [1.29, 1.82) is 0 Å². The number of imide groups is 1. The number of rotatable bonds is 4. The summed E-state index contributed by atoms with van der Waals surface area (Å²) < 4.78 is 0. The second-order valence-electron chi connectivity index (χ2n) is 7.28. The van der Waals surface area contributed by atoms with E-state index in [1.54, 1.807) is 11.3 Å². The number of likely N-dealkylation sites (tertiary alicyclic amines) is 1. The predicted octanol–water partition coefficient (Wildman–Crippen LogP) is 1.54. The Balaban J connectivity index is 1.65. The summed E-state index contributed by atoms with van der Waals surface area (Å²) in [6.07, 6.45) is 1.65. The molecule has 1 atom stereocenters. The third-order valence-electron chi connectivity index (χ3n) is 5.39. The molecule has 0 bridgehead atoms. The monoisotopic (exact) mass is 392 g/mol. The molecule has 3 heterocycles. The minimum absolute atomic E-state index is 0.120. The molecule has 9 heteroatoms. The number of amides is 3. The normalized spacial score (nSPS) is 24.1. The molecule has 2 saturated heterocycles. The number of piperidine rings is 1. The van der Waals surface area contributed by atoms with E-state index in [2.05, 4.69) is 32.8 Å². The summed E-state index contributed by atoms with van der Waals surface area (Å²) in [6.45, 7) is 10.9. The van der Waals surface area contributed by atoms with Crippen LogP contribution in [0.25, 0.3) is 0 Å². The summed E-state index contributed by atoms with van der Waals surface area (Å²) in [6, 6.07) is -0.393.